The van der Waals surface area contributed by atoms with Gasteiger partial charge in [-0.3, -0.25) is 4.79 Å². The molecule has 0 saturated heterocycles. The number of aryl methyl sites for hydroxylation is 1. The number of carboxylic acid groups (broad SMARTS) is 1. The average Bonchev–Trinajstić information content (AvgIpc) is 2.87. The van der Waals surface area contributed by atoms with Crippen LogP contribution < -0.4 is 10.1 Å². The highest BCUT2D eigenvalue weighted by Crippen LogP contribution is 2.25. The summed E-state index contributed by atoms with van der Waals surface area (Å²) in [5.41, 5.74) is 1.90. The Morgan fingerprint density at radius 2 is 2.10 bits per heavy atom. The van der Waals surface area contributed by atoms with Gasteiger partial charge in [0.25, 0.3) is 0 Å². The number of carbonyl (C=O) groups is 2. The van der Waals surface area contributed by atoms with Crippen LogP contribution >= 0.6 is 11.3 Å². The molecule has 0 fully saturated rings. The summed E-state index contributed by atoms with van der Waals surface area (Å²) in [6.07, 6.45) is 0.127. The first kappa shape index (κ1) is 15.1. The minimum Gasteiger partial charge on any atom is -0.496 e. The molecule has 0 bridgehead atoms. The number of hydrogen-bond acceptors (Lipinski definition) is 4. The van der Waals surface area contributed by atoms with Crippen molar-refractivity contribution in [2.75, 3.05) is 12.4 Å². The zero-order valence-corrected chi connectivity index (χ0v) is 12.5. The molecule has 110 valence electrons. The number of carbonyl (C=O) groups excluding carboxylic acids is 1. The molecular weight excluding hydrogens is 290 g/mol. The Morgan fingerprint density at radius 3 is 2.76 bits per heavy atom. The lowest BCUT2D eigenvalue weighted by atomic mass is 10.1. The van der Waals surface area contributed by atoms with E-state index in [0.29, 0.717) is 10.8 Å². The van der Waals surface area contributed by atoms with Crippen molar-refractivity contribution in [1.82, 2.24) is 0 Å². The van der Waals surface area contributed by atoms with E-state index in [0.717, 1.165) is 11.1 Å². The molecule has 0 aliphatic heterocycles. The highest BCUT2D eigenvalue weighted by Gasteiger charge is 2.15. The van der Waals surface area contributed by atoms with E-state index in [1.165, 1.54) is 17.4 Å². The summed E-state index contributed by atoms with van der Waals surface area (Å²) in [7, 11) is 1.55. The van der Waals surface area contributed by atoms with E-state index in [4.69, 9.17) is 9.84 Å². The average molecular weight is 305 g/mol. The number of methoxy groups -OCH3 is 1. The van der Waals surface area contributed by atoms with Crippen molar-refractivity contribution in [2.24, 2.45) is 0 Å². The van der Waals surface area contributed by atoms with Crippen LogP contribution in [0.2, 0.25) is 0 Å². The van der Waals surface area contributed by atoms with E-state index < -0.39 is 5.97 Å². The van der Waals surface area contributed by atoms with Crippen molar-refractivity contribution in [3.8, 4) is 5.75 Å². The van der Waals surface area contributed by atoms with E-state index in [9.17, 15) is 9.59 Å². The van der Waals surface area contributed by atoms with E-state index in [1.54, 1.807) is 12.5 Å². The van der Waals surface area contributed by atoms with Gasteiger partial charge >= 0.3 is 5.97 Å². The van der Waals surface area contributed by atoms with Crippen LogP contribution in [0, 0.1) is 6.92 Å². The number of hydrogen-bond donors (Lipinski definition) is 2. The lowest BCUT2D eigenvalue weighted by Gasteiger charge is -2.09. The molecule has 1 aromatic heterocycles. The van der Waals surface area contributed by atoms with Crippen LogP contribution in [0.5, 0.6) is 5.75 Å². The molecule has 0 aliphatic rings. The SMILES string of the molecule is COc1ccc(C)cc1CC(=O)Nc1sccc1C(=O)O. The summed E-state index contributed by atoms with van der Waals surface area (Å²) in [6.45, 7) is 1.93. The van der Waals surface area contributed by atoms with E-state index >= 15 is 0 Å². The van der Waals surface area contributed by atoms with E-state index in [2.05, 4.69) is 5.32 Å². The Labute approximate surface area is 126 Å². The summed E-state index contributed by atoms with van der Waals surface area (Å²) >= 11 is 1.19. The standard InChI is InChI=1S/C15H15NO4S/c1-9-3-4-12(20-2)10(7-9)8-13(17)16-14-11(15(18)19)5-6-21-14/h3-7H,8H2,1-2H3,(H,16,17)(H,18,19). The molecule has 0 atom stereocenters. The molecule has 0 aliphatic carbocycles. The third-order valence-electron chi connectivity index (χ3n) is 2.94. The Hall–Kier alpha value is -2.34. The monoisotopic (exact) mass is 305 g/mol. The number of nitrogens with one attached hydrogen (secondary N) is 1. The summed E-state index contributed by atoms with van der Waals surface area (Å²) in [4.78, 5) is 23.1. The fraction of sp³-hybridized carbons (Fsp3) is 0.200. The van der Waals surface area contributed by atoms with Crippen molar-refractivity contribution in [3.05, 3.63) is 46.3 Å². The Morgan fingerprint density at radius 1 is 1.33 bits per heavy atom. The fourth-order valence-electron chi connectivity index (χ4n) is 1.96. The summed E-state index contributed by atoms with van der Waals surface area (Å²) in [6, 6.07) is 7.06. The van der Waals surface area contributed by atoms with Gasteiger partial charge in [-0.1, -0.05) is 17.7 Å². The van der Waals surface area contributed by atoms with Crippen LogP contribution in [-0.2, 0) is 11.2 Å². The number of amides is 1. The Bertz CT molecular complexity index is 678. The van der Waals surface area contributed by atoms with Crippen molar-refractivity contribution in [1.29, 1.82) is 0 Å². The third-order valence-corrected chi connectivity index (χ3v) is 3.77. The molecule has 21 heavy (non-hydrogen) atoms. The van der Waals surface area contributed by atoms with Gasteiger partial charge in [0.1, 0.15) is 10.8 Å². The first-order chi connectivity index (χ1) is 10.0. The second kappa shape index (κ2) is 6.41. The minimum atomic E-state index is -1.06. The quantitative estimate of drug-likeness (QED) is 0.890. The molecule has 1 amide bonds. The molecule has 2 rings (SSSR count). The molecule has 1 aromatic carbocycles. The molecule has 1 heterocycles. The maximum atomic E-state index is 12.1. The first-order valence-electron chi connectivity index (χ1n) is 6.25. The molecule has 0 radical (unpaired) electrons. The van der Waals surface area contributed by atoms with Crippen LogP contribution in [-0.4, -0.2) is 24.1 Å². The summed E-state index contributed by atoms with van der Waals surface area (Å²) < 4.78 is 5.23. The Kier molecular flexibility index (Phi) is 4.59. The summed E-state index contributed by atoms with van der Waals surface area (Å²) in [5, 5.41) is 13.6. The molecule has 0 spiro atoms. The van der Waals surface area contributed by atoms with Gasteiger partial charge in [0.05, 0.1) is 19.1 Å². The number of aromatic carboxylic acids is 1. The largest absolute Gasteiger partial charge is 0.496 e. The molecular formula is C15H15NO4S. The van der Waals surface area contributed by atoms with Gasteiger partial charge < -0.3 is 15.2 Å². The fourth-order valence-corrected chi connectivity index (χ4v) is 2.76. The molecule has 0 unspecified atom stereocenters. The normalized spacial score (nSPS) is 10.2. The maximum Gasteiger partial charge on any atom is 0.338 e. The van der Waals surface area contributed by atoms with Gasteiger partial charge in [-0.15, -0.1) is 11.3 Å². The smallest absolute Gasteiger partial charge is 0.338 e. The second-order valence-electron chi connectivity index (χ2n) is 4.51. The summed E-state index contributed by atoms with van der Waals surface area (Å²) in [5.74, 6) is -0.691. The second-order valence-corrected chi connectivity index (χ2v) is 5.42. The highest BCUT2D eigenvalue weighted by atomic mass is 32.1. The van der Waals surface area contributed by atoms with Crippen LogP contribution in [0.4, 0.5) is 5.00 Å². The molecule has 2 aromatic rings. The van der Waals surface area contributed by atoms with Crippen molar-refractivity contribution in [3.63, 3.8) is 0 Å². The van der Waals surface area contributed by atoms with Crippen molar-refractivity contribution in [2.45, 2.75) is 13.3 Å². The van der Waals surface area contributed by atoms with Gasteiger partial charge in [0.15, 0.2) is 0 Å². The number of thiophene rings is 1. The van der Waals surface area contributed by atoms with E-state index in [-0.39, 0.29) is 17.9 Å². The molecule has 0 saturated carbocycles. The lowest BCUT2D eigenvalue weighted by molar-refractivity contribution is -0.115. The van der Waals surface area contributed by atoms with Gasteiger partial charge in [-0.2, -0.15) is 0 Å². The number of ether oxygens (including phenoxy) is 1. The number of benzene rings is 1. The number of carboxylic acids is 1. The predicted molar refractivity (Wildman–Crippen MR) is 81.3 cm³/mol. The van der Waals surface area contributed by atoms with Gasteiger partial charge in [-0.25, -0.2) is 4.79 Å². The Balaban J connectivity index is 2.13. The lowest BCUT2D eigenvalue weighted by Crippen LogP contribution is -2.16. The van der Waals surface area contributed by atoms with E-state index in [1.807, 2.05) is 25.1 Å². The van der Waals surface area contributed by atoms with Crippen LogP contribution in [0.15, 0.2) is 29.6 Å². The minimum absolute atomic E-state index is 0.101. The predicted octanol–water partition coefficient (Wildman–Crippen LogP) is 2.94. The molecule has 2 N–H and O–H groups in total. The van der Waals surface area contributed by atoms with Crippen LogP contribution in [0.3, 0.4) is 0 Å². The van der Waals surface area contributed by atoms with Crippen molar-refractivity contribution >= 4 is 28.2 Å². The maximum absolute atomic E-state index is 12.1. The van der Waals surface area contributed by atoms with Crippen molar-refractivity contribution < 1.29 is 19.4 Å². The third kappa shape index (κ3) is 3.61. The highest BCUT2D eigenvalue weighted by molar-refractivity contribution is 7.14. The number of rotatable bonds is 5. The van der Waals surface area contributed by atoms with Gasteiger partial charge in [0, 0.05) is 5.56 Å². The molecule has 5 nitrogen and oxygen atoms in total. The van der Waals surface area contributed by atoms with Crippen LogP contribution in [0.25, 0.3) is 0 Å². The van der Waals surface area contributed by atoms with Gasteiger partial charge in [0.2, 0.25) is 5.91 Å². The van der Waals surface area contributed by atoms with Crippen LogP contribution in [0.1, 0.15) is 21.5 Å². The zero-order chi connectivity index (χ0) is 15.4. The topological polar surface area (TPSA) is 75.6 Å². The number of anilines is 1. The zero-order valence-electron chi connectivity index (χ0n) is 11.7. The first-order valence-corrected chi connectivity index (χ1v) is 7.13. The molecule has 6 heteroatoms. The van der Waals surface area contributed by atoms with Gasteiger partial charge in [-0.05, 0) is 24.4 Å².